The summed E-state index contributed by atoms with van der Waals surface area (Å²) < 4.78 is 0. The van der Waals surface area contributed by atoms with E-state index < -0.39 is 0 Å². The quantitative estimate of drug-likeness (QED) is 0.373. The van der Waals surface area contributed by atoms with E-state index in [0.717, 1.165) is 18.2 Å². The molecule has 0 unspecified atom stereocenters. The highest BCUT2D eigenvalue weighted by atomic mass is 79.9. The maximum atomic E-state index is 3.33. The molecule has 0 nitrogen and oxygen atoms in total. The number of alkyl halides is 1. The first kappa shape index (κ1) is 10.0. The Balaban J connectivity index is 2.96. The Morgan fingerprint density at radius 3 is 2.40 bits per heavy atom. The van der Waals surface area contributed by atoms with Crippen LogP contribution in [0.5, 0.6) is 0 Å². The predicted octanol–water partition coefficient (Wildman–Crippen LogP) is 3.36. The van der Waals surface area contributed by atoms with Gasteiger partial charge in [-0.25, -0.2) is 0 Å². The van der Waals surface area contributed by atoms with E-state index in [0.29, 0.717) is 0 Å². The first-order valence-corrected chi connectivity index (χ1v) is 5.05. The maximum absolute atomic E-state index is 3.33. The second kappa shape index (κ2) is 9.04. The van der Waals surface area contributed by atoms with Crippen molar-refractivity contribution in [2.45, 2.75) is 39.0 Å². The van der Waals surface area contributed by atoms with Crippen LogP contribution in [0.25, 0.3) is 0 Å². The number of unbranched alkanes of at least 4 members (excludes halogenated alkanes) is 3. The Hall–Kier alpha value is 0.0400. The van der Waals surface area contributed by atoms with Gasteiger partial charge < -0.3 is 0 Å². The molecular weight excluding hydrogens is 188 g/mol. The van der Waals surface area contributed by atoms with Gasteiger partial charge in [0, 0.05) is 18.2 Å². The molecule has 0 rings (SSSR count). The summed E-state index contributed by atoms with van der Waals surface area (Å²) in [5.41, 5.74) is 0. The smallest absolute Gasteiger partial charge is 0.0186 e. The van der Waals surface area contributed by atoms with E-state index in [1.165, 1.54) is 19.3 Å². The molecule has 0 spiro atoms. The zero-order valence-corrected chi connectivity index (χ0v) is 8.21. The molecule has 0 heterocycles. The van der Waals surface area contributed by atoms with E-state index in [-0.39, 0.29) is 0 Å². The average molecular weight is 203 g/mol. The van der Waals surface area contributed by atoms with Crippen molar-refractivity contribution in [3.63, 3.8) is 0 Å². The van der Waals surface area contributed by atoms with Crippen LogP contribution in [0.4, 0.5) is 0 Å². The Labute approximate surface area is 72.5 Å². The molecule has 1 heteroatoms. The summed E-state index contributed by atoms with van der Waals surface area (Å²) >= 11 is 3.33. The molecular formula is C9H15Br. The van der Waals surface area contributed by atoms with Gasteiger partial charge >= 0.3 is 0 Å². The van der Waals surface area contributed by atoms with E-state index in [2.05, 4.69) is 34.7 Å². The Bertz CT molecular complexity index is 108. The molecule has 0 aliphatic carbocycles. The largest absolute Gasteiger partial charge is 0.103 e. The molecule has 0 atom stereocenters. The number of halogens is 1. The van der Waals surface area contributed by atoms with Crippen molar-refractivity contribution in [3.8, 4) is 11.8 Å². The van der Waals surface area contributed by atoms with Gasteiger partial charge in [0.2, 0.25) is 0 Å². The molecule has 0 aliphatic heterocycles. The third kappa shape index (κ3) is 8.04. The zero-order valence-electron chi connectivity index (χ0n) is 6.62. The van der Waals surface area contributed by atoms with Crippen molar-refractivity contribution in [1.82, 2.24) is 0 Å². The second-order valence-corrected chi connectivity index (χ2v) is 3.04. The van der Waals surface area contributed by atoms with Crippen LogP contribution in [-0.4, -0.2) is 5.33 Å². The molecule has 0 N–H and O–H groups in total. The van der Waals surface area contributed by atoms with E-state index in [4.69, 9.17) is 0 Å². The van der Waals surface area contributed by atoms with E-state index >= 15 is 0 Å². The third-order valence-corrected chi connectivity index (χ3v) is 1.65. The summed E-state index contributed by atoms with van der Waals surface area (Å²) in [6.07, 6.45) is 5.96. The van der Waals surface area contributed by atoms with E-state index in [1.54, 1.807) is 0 Å². The van der Waals surface area contributed by atoms with Crippen LogP contribution in [0.2, 0.25) is 0 Å². The fourth-order valence-corrected chi connectivity index (χ4v) is 0.886. The van der Waals surface area contributed by atoms with E-state index in [1.807, 2.05) is 0 Å². The average Bonchev–Trinajstić information content (AvgIpc) is 1.97. The van der Waals surface area contributed by atoms with Crippen molar-refractivity contribution in [2.75, 3.05) is 5.33 Å². The van der Waals surface area contributed by atoms with Crippen LogP contribution in [0, 0.1) is 11.8 Å². The molecule has 0 amide bonds. The number of rotatable bonds is 4. The van der Waals surface area contributed by atoms with Gasteiger partial charge in [0.05, 0.1) is 0 Å². The summed E-state index contributed by atoms with van der Waals surface area (Å²) in [5, 5.41) is 1.01. The highest BCUT2D eigenvalue weighted by molar-refractivity contribution is 9.09. The lowest BCUT2D eigenvalue weighted by atomic mass is 10.2. The Morgan fingerprint density at radius 1 is 1.10 bits per heavy atom. The third-order valence-electron chi connectivity index (χ3n) is 1.25. The molecule has 0 saturated carbocycles. The lowest BCUT2D eigenvalue weighted by Crippen LogP contribution is -1.72. The molecule has 10 heavy (non-hydrogen) atoms. The van der Waals surface area contributed by atoms with Crippen molar-refractivity contribution < 1.29 is 0 Å². The SMILES string of the molecule is CCCCCC#CCCBr. The standard InChI is InChI=1S/C9H15Br/c1-2-3-4-5-6-7-8-9-10/h2-5,8-9H2,1H3. The van der Waals surface area contributed by atoms with Crippen LogP contribution in [0.3, 0.4) is 0 Å². The second-order valence-electron chi connectivity index (χ2n) is 2.25. The van der Waals surface area contributed by atoms with Gasteiger partial charge in [0.25, 0.3) is 0 Å². The van der Waals surface area contributed by atoms with Crippen molar-refractivity contribution in [2.24, 2.45) is 0 Å². The number of hydrogen-bond donors (Lipinski definition) is 0. The Kier molecular flexibility index (Phi) is 9.08. The minimum atomic E-state index is 0.992. The molecule has 0 radical (unpaired) electrons. The van der Waals surface area contributed by atoms with Crippen LogP contribution in [0.15, 0.2) is 0 Å². The summed E-state index contributed by atoms with van der Waals surface area (Å²) in [6, 6.07) is 0. The van der Waals surface area contributed by atoms with Crippen molar-refractivity contribution >= 4 is 15.9 Å². The molecule has 0 aliphatic rings. The van der Waals surface area contributed by atoms with Gasteiger partial charge in [0.15, 0.2) is 0 Å². The molecule has 0 saturated heterocycles. The molecule has 58 valence electrons. The Morgan fingerprint density at radius 2 is 1.80 bits per heavy atom. The maximum Gasteiger partial charge on any atom is 0.0186 e. The molecule has 0 aromatic rings. The van der Waals surface area contributed by atoms with Gasteiger partial charge in [-0.1, -0.05) is 35.7 Å². The van der Waals surface area contributed by atoms with Gasteiger partial charge in [-0.3, -0.25) is 0 Å². The molecule has 0 aromatic heterocycles. The molecule has 0 fully saturated rings. The minimum Gasteiger partial charge on any atom is -0.103 e. The van der Waals surface area contributed by atoms with E-state index in [9.17, 15) is 0 Å². The fourth-order valence-electron chi connectivity index (χ4n) is 0.687. The highest BCUT2D eigenvalue weighted by Crippen LogP contribution is 1.96. The number of hydrogen-bond acceptors (Lipinski definition) is 0. The summed E-state index contributed by atoms with van der Waals surface area (Å²) in [7, 11) is 0. The topological polar surface area (TPSA) is 0 Å². The van der Waals surface area contributed by atoms with Gasteiger partial charge in [-0.2, -0.15) is 0 Å². The van der Waals surface area contributed by atoms with Crippen LogP contribution >= 0.6 is 15.9 Å². The van der Waals surface area contributed by atoms with Gasteiger partial charge in [-0.15, -0.1) is 11.8 Å². The van der Waals surface area contributed by atoms with Crippen LogP contribution in [0.1, 0.15) is 39.0 Å². The lowest BCUT2D eigenvalue weighted by Gasteiger charge is -1.87. The fraction of sp³-hybridized carbons (Fsp3) is 0.778. The summed E-state index contributed by atoms with van der Waals surface area (Å²) in [6.45, 7) is 2.21. The van der Waals surface area contributed by atoms with Crippen LogP contribution < -0.4 is 0 Å². The molecule has 0 aromatic carbocycles. The first-order valence-electron chi connectivity index (χ1n) is 3.93. The lowest BCUT2D eigenvalue weighted by molar-refractivity contribution is 0.737. The zero-order chi connectivity index (χ0) is 7.66. The van der Waals surface area contributed by atoms with Crippen molar-refractivity contribution in [3.05, 3.63) is 0 Å². The normalized spacial score (nSPS) is 8.60. The summed E-state index contributed by atoms with van der Waals surface area (Å²) in [5.74, 6) is 6.24. The highest BCUT2D eigenvalue weighted by Gasteiger charge is 1.79. The molecule has 0 bridgehead atoms. The predicted molar refractivity (Wildman–Crippen MR) is 50.3 cm³/mol. The minimum absolute atomic E-state index is 0.992. The van der Waals surface area contributed by atoms with Gasteiger partial charge in [0.1, 0.15) is 0 Å². The van der Waals surface area contributed by atoms with Gasteiger partial charge in [-0.05, 0) is 6.42 Å². The summed E-state index contributed by atoms with van der Waals surface area (Å²) in [4.78, 5) is 0. The van der Waals surface area contributed by atoms with Crippen LogP contribution in [-0.2, 0) is 0 Å². The monoisotopic (exact) mass is 202 g/mol. The van der Waals surface area contributed by atoms with Crippen molar-refractivity contribution in [1.29, 1.82) is 0 Å². The first-order chi connectivity index (χ1) is 4.91.